The van der Waals surface area contributed by atoms with E-state index in [2.05, 4.69) is 0 Å². The number of alkyl halides is 2. The summed E-state index contributed by atoms with van der Waals surface area (Å²) in [6.45, 7) is 0. The third-order valence-corrected chi connectivity index (χ3v) is 1.86. The van der Waals surface area contributed by atoms with Crippen molar-refractivity contribution in [2.45, 2.75) is 6.43 Å². The first kappa shape index (κ1) is 12.2. The minimum atomic E-state index is -3.21. The summed E-state index contributed by atoms with van der Waals surface area (Å²) >= 11 is 4.96. The molecule has 0 aliphatic heterocycles. The highest BCUT2D eigenvalue weighted by molar-refractivity contribution is 6.68. The van der Waals surface area contributed by atoms with Crippen LogP contribution in [-0.4, -0.2) is 15.1 Å². The first-order valence-electron chi connectivity index (χ1n) is 3.74. The van der Waals surface area contributed by atoms with Crippen LogP contribution in [-0.2, 0) is 0 Å². The number of carbonyl (C=O) groups is 1. The average molecular weight is 253 g/mol. The first-order valence-corrected chi connectivity index (χ1v) is 4.12. The van der Waals surface area contributed by atoms with Crippen molar-refractivity contribution in [1.29, 1.82) is 0 Å². The zero-order chi connectivity index (χ0) is 12.5. The van der Waals surface area contributed by atoms with Crippen molar-refractivity contribution < 1.29 is 18.5 Å². The lowest BCUT2D eigenvalue weighted by Crippen LogP contribution is -2.15. The monoisotopic (exact) mass is 252 g/mol. The molecule has 1 N–H and O–H groups in total. The number of aromatic nitrogens is 1. The Balaban J connectivity index is 3.67. The highest BCUT2D eigenvalue weighted by Gasteiger charge is 2.28. The fraction of sp³-hybridized carbons (Fsp3) is 0.143. The number of hydrogen-bond acceptors (Lipinski definition) is 4. The third-order valence-electron chi connectivity index (χ3n) is 1.67. The minimum Gasteiger partial charge on any atom is -0.358 e. The molecule has 1 aromatic heterocycles. The fourth-order valence-electron chi connectivity index (χ4n) is 1.08. The molecule has 0 aliphatic rings. The molecular formula is C7H3ClF2N2O4. The lowest BCUT2D eigenvalue weighted by Gasteiger charge is -2.04. The quantitative estimate of drug-likeness (QED) is 0.502. The van der Waals surface area contributed by atoms with Gasteiger partial charge in [-0.25, -0.2) is 18.6 Å². The smallest absolute Gasteiger partial charge is 0.336 e. The maximum Gasteiger partial charge on any atom is 0.336 e. The zero-order valence-electron chi connectivity index (χ0n) is 7.37. The second kappa shape index (κ2) is 4.35. The molecule has 1 rings (SSSR count). The Bertz CT molecular complexity index is 514. The van der Waals surface area contributed by atoms with Crippen molar-refractivity contribution in [3.05, 3.63) is 37.7 Å². The van der Waals surface area contributed by atoms with Gasteiger partial charge in [0.25, 0.3) is 11.7 Å². The van der Waals surface area contributed by atoms with Gasteiger partial charge in [-0.15, -0.1) is 0 Å². The van der Waals surface area contributed by atoms with Gasteiger partial charge in [0.05, 0.1) is 0 Å². The standard InChI is InChI=1S/C7H3ClF2N2O4/c8-5(14)4-2(6(9)10)1-3(13)11-7(4)12(15)16/h1,6H,(H,11,13). The SMILES string of the molecule is O=C(Cl)c1c(C(F)F)cc(=O)[nH]c1[N+](=O)[O-]. The molecule has 1 aromatic rings. The Morgan fingerprint density at radius 2 is 2.12 bits per heavy atom. The highest BCUT2D eigenvalue weighted by atomic mass is 35.5. The van der Waals surface area contributed by atoms with Crippen LogP contribution in [0.3, 0.4) is 0 Å². The number of rotatable bonds is 3. The van der Waals surface area contributed by atoms with E-state index in [0.717, 1.165) is 0 Å². The molecule has 0 unspecified atom stereocenters. The van der Waals surface area contributed by atoms with Gasteiger partial charge in [0.2, 0.25) is 0 Å². The lowest BCUT2D eigenvalue weighted by molar-refractivity contribution is -0.390. The van der Waals surface area contributed by atoms with Crippen LogP contribution in [0.2, 0.25) is 0 Å². The van der Waals surface area contributed by atoms with Gasteiger partial charge in [-0.1, -0.05) is 0 Å². The molecule has 6 nitrogen and oxygen atoms in total. The summed E-state index contributed by atoms with van der Waals surface area (Å²) in [6.07, 6.45) is -3.21. The molecule has 0 aliphatic carbocycles. The van der Waals surface area contributed by atoms with Crippen LogP contribution < -0.4 is 5.56 Å². The first-order chi connectivity index (χ1) is 7.34. The Morgan fingerprint density at radius 1 is 1.56 bits per heavy atom. The van der Waals surface area contributed by atoms with Crippen LogP contribution in [0, 0.1) is 10.1 Å². The summed E-state index contributed by atoms with van der Waals surface area (Å²) in [4.78, 5) is 32.6. The van der Waals surface area contributed by atoms with Gasteiger partial charge in [0, 0.05) is 11.6 Å². The fourth-order valence-corrected chi connectivity index (χ4v) is 1.28. The number of nitro groups is 1. The summed E-state index contributed by atoms with van der Waals surface area (Å²) in [5.74, 6) is -1.14. The molecular weight excluding hydrogens is 250 g/mol. The van der Waals surface area contributed by atoms with E-state index in [4.69, 9.17) is 11.6 Å². The molecule has 0 bridgehead atoms. The maximum absolute atomic E-state index is 12.4. The van der Waals surface area contributed by atoms with Gasteiger partial charge >= 0.3 is 11.4 Å². The molecule has 0 spiro atoms. The summed E-state index contributed by atoms with van der Waals surface area (Å²) < 4.78 is 24.9. The van der Waals surface area contributed by atoms with Crippen LogP contribution in [0.5, 0.6) is 0 Å². The van der Waals surface area contributed by atoms with Crippen LogP contribution in [0.1, 0.15) is 22.3 Å². The molecule has 0 saturated heterocycles. The molecule has 0 radical (unpaired) electrons. The van der Waals surface area contributed by atoms with Gasteiger partial charge in [-0.05, 0) is 16.5 Å². The van der Waals surface area contributed by atoms with Crippen molar-refractivity contribution in [2.75, 3.05) is 0 Å². The number of hydrogen-bond donors (Lipinski definition) is 1. The van der Waals surface area contributed by atoms with E-state index in [-0.39, 0.29) is 0 Å². The number of nitrogens with one attached hydrogen (secondary N) is 1. The number of aromatic amines is 1. The van der Waals surface area contributed by atoms with Gasteiger partial charge in [-0.3, -0.25) is 4.79 Å². The Kier molecular flexibility index (Phi) is 3.33. The van der Waals surface area contributed by atoms with Crippen molar-refractivity contribution in [3.63, 3.8) is 0 Å². The predicted molar refractivity (Wildman–Crippen MR) is 48.9 cm³/mol. The van der Waals surface area contributed by atoms with E-state index < -0.39 is 39.1 Å². The normalized spacial score (nSPS) is 10.5. The maximum atomic E-state index is 12.4. The molecule has 86 valence electrons. The van der Waals surface area contributed by atoms with Gasteiger partial charge < -0.3 is 10.1 Å². The third kappa shape index (κ3) is 2.22. The summed E-state index contributed by atoms with van der Waals surface area (Å²) in [5, 5.41) is 9.00. The second-order valence-corrected chi connectivity index (χ2v) is 2.99. The molecule has 0 saturated carbocycles. The zero-order valence-corrected chi connectivity index (χ0v) is 8.12. The molecule has 0 amide bonds. The van der Waals surface area contributed by atoms with Gasteiger partial charge in [0.15, 0.2) is 0 Å². The van der Waals surface area contributed by atoms with E-state index in [0.29, 0.717) is 6.07 Å². The molecule has 0 fully saturated rings. The molecule has 0 aromatic carbocycles. The van der Waals surface area contributed by atoms with Crippen LogP contribution >= 0.6 is 11.6 Å². The second-order valence-electron chi connectivity index (χ2n) is 2.64. The number of nitrogens with zero attached hydrogens (tertiary/aromatic N) is 1. The van der Waals surface area contributed by atoms with E-state index in [9.17, 15) is 28.5 Å². The van der Waals surface area contributed by atoms with E-state index in [1.54, 1.807) is 4.98 Å². The van der Waals surface area contributed by atoms with Crippen molar-refractivity contribution in [3.8, 4) is 0 Å². The summed E-state index contributed by atoms with van der Waals surface area (Å²) in [5.41, 5.74) is -3.17. The van der Waals surface area contributed by atoms with E-state index >= 15 is 0 Å². The van der Waals surface area contributed by atoms with Crippen molar-refractivity contribution >= 4 is 22.7 Å². The molecule has 0 atom stereocenters. The molecule has 1 heterocycles. The van der Waals surface area contributed by atoms with Crippen molar-refractivity contribution in [1.82, 2.24) is 4.98 Å². The number of pyridine rings is 1. The Morgan fingerprint density at radius 3 is 2.50 bits per heavy atom. The largest absolute Gasteiger partial charge is 0.358 e. The van der Waals surface area contributed by atoms with Crippen molar-refractivity contribution in [2.24, 2.45) is 0 Å². The Hall–Kier alpha value is -1.83. The number of carbonyl (C=O) groups excluding carboxylic acids is 1. The number of halogens is 3. The van der Waals surface area contributed by atoms with Crippen LogP contribution in [0.25, 0.3) is 0 Å². The minimum absolute atomic E-state index is 0.396. The van der Waals surface area contributed by atoms with Crippen LogP contribution in [0.4, 0.5) is 14.6 Å². The molecule has 9 heteroatoms. The average Bonchev–Trinajstić information content (AvgIpc) is 2.15. The van der Waals surface area contributed by atoms with Gasteiger partial charge in [-0.2, -0.15) is 0 Å². The summed E-state index contributed by atoms with van der Waals surface area (Å²) in [7, 11) is 0. The Labute approximate surface area is 91.0 Å². The number of H-pyrrole nitrogens is 1. The van der Waals surface area contributed by atoms with E-state index in [1.807, 2.05) is 0 Å². The van der Waals surface area contributed by atoms with E-state index in [1.165, 1.54) is 0 Å². The summed E-state index contributed by atoms with van der Waals surface area (Å²) in [6, 6.07) is 0.396. The predicted octanol–water partition coefficient (Wildman–Crippen LogP) is 1.60. The molecule has 16 heavy (non-hydrogen) atoms. The topological polar surface area (TPSA) is 93.1 Å². The van der Waals surface area contributed by atoms with Gasteiger partial charge in [0.1, 0.15) is 5.56 Å². The highest BCUT2D eigenvalue weighted by Crippen LogP contribution is 2.27. The van der Waals surface area contributed by atoms with Crippen LogP contribution in [0.15, 0.2) is 10.9 Å². The lowest BCUT2D eigenvalue weighted by atomic mass is 10.1.